The summed E-state index contributed by atoms with van der Waals surface area (Å²) in [4.78, 5) is 41.2. The van der Waals surface area contributed by atoms with Gasteiger partial charge in [0.1, 0.15) is 5.82 Å². The zero-order valence-electron chi connectivity index (χ0n) is 15.6. The third kappa shape index (κ3) is 4.18. The Hall–Kier alpha value is -3.48. The highest BCUT2D eigenvalue weighted by molar-refractivity contribution is 6.03. The van der Waals surface area contributed by atoms with Gasteiger partial charge in [-0.05, 0) is 25.0 Å². The zero-order chi connectivity index (χ0) is 20.4. The highest BCUT2D eigenvalue weighted by Crippen LogP contribution is 2.29. The number of aromatic amines is 1. The smallest absolute Gasteiger partial charge is 0.339 e. The van der Waals surface area contributed by atoms with Gasteiger partial charge in [0.05, 0.1) is 5.56 Å². The molecule has 1 aromatic heterocycles. The van der Waals surface area contributed by atoms with Gasteiger partial charge in [0, 0.05) is 35.1 Å². The number of carbonyl (C=O) groups excluding carboxylic acids is 2. The van der Waals surface area contributed by atoms with Crippen molar-refractivity contribution in [3.05, 3.63) is 81.9 Å². The predicted octanol–water partition coefficient (Wildman–Crippen LogP) is 3.02. The van der Waals surface area contributed by atoms with Crippen molar-refractivity contribution >= 4 is 22.8 Å². The van der Waals surface area contributed by atoms with Crippen LogP contribution in [0.4, 0.5) is 4.39 Å². The highest BCUT2D eigenvalue weighted by Gasteiger charge is 2.33. The molecule has 0 atom stereocenters. The number of rotatable bonds is 6. The minimum absolute atomic E-state index is 0.0289. The third-order valence-electron chi connectivity index (χ3n) is 4.90. The van der Waals surface area contributed by atoms with E-state index < -0.39 is 24.0 Å². The van der Waals surface area contributed by atoms with E-state index in [0.29, 0.717) is 16.5 Å². The third-order valence-corrected chi connectivity index (χ3v) is 4.90. The molecule has 1 heterocycles. The van der Waals surface area contributed by atoms with E-state index >= 15 is 0 Å². The second-order valence-corrected chi connectivity index (χ2v) is 7.01. The molecule has 148 valence electrons. The van der Waals surface area contributed by atoms with Gasteiger partial charge in [-0.2, -0.15) is 0 Å². The second kappa shape index (κ2) is 7.87. The number of para-hydroxylation sites is 1. The van der Waals surface area contributed by atoms with Gasteiger partial charge in [0.25, 0.3) is 5.91 Å². The molecular weight excluding hydrogens is 375 g/mol. The summed E-state index contributed by atoms with van der Waals surface area (Å²) in [6.07, 6.45) is 1.68. The van der Waals surface area contributed by atoms with Crippen molar-refractivity contribution in [2.45, 2.75) is 25.4 Å². The topological polar surface area (TPSA) is 79.5 Å². The minimum atomic E-state index is -0.748. The summed E-state index contributed by atoms with van der Waals surface area (Å²) in [5.74, 6) is -1.52. The summed E-state index contributed by atoms with van der Waals surface area (Å²) >= 11 is 0. The van der Waals surface area contributed by atoms with E-state index in [0.717, 1.165) is 18.9 Å². The lowest BCUT2D eigenvalue weighted by Gasteiger charge is -2.22. The lowest BCUT2D eigenvalue weighted by atomic mass is 10.1. The first kappa shape index (κ1) is 18.9. The van der Waals surface area contributed by atoms with Gasteiger partial charge >= 0.3 is 5.97 Å². The van der Waals surface area contributed by atoms with Crippen LogP contribution in [0.5, 0.6) is 0 Å². The van der Waals surface area contributed by atoms with E-state index in [1.807, 2.05) is 0 Å². The standard InChI is InChI=1S/C22H19FN2O4/c23-18-7-3-1-5-14(18)12-25(15-9-10-15)21(27)13-29-22(28)17-11-20(26)24-19-8-4-2-6-16(17)19/h1-8,11,15H,9-10,12-13H2,(H,24,26). The quantitative estimate of drug-likeness (QED) is 0.652. The van der Waals surface area contributed by atoms with Crippen molar-refractivity contribution in [1.29, 1.82) is 0 Å². The van der Waals surface area contributed by atoms with Gasteiger partial charge in [-0.15, -0.1) is 0 Å². The summed E-state index contributed by atoms with van der Waals surface area (Å²) in [7, 11) is 0. The predicted molar refractivity (Wildman–Crippen MR) is 105 cm³/mol. The first-order valence-electron chi connectivity index (χ1n) is 9.35. The van der Waals surface area contributed by atoms with Crippen molar-refractivity contribution in [1.82, 2.24) is 9.88 Å². The summed E-state index contributed by atoms with van der Waals surface area (Å²) in [6.45, 7) is -0.341. The van der Waals surface area contributed by atoms with Crippen LogP contribution in [0.15, 0.2) is 59.4 Å². The number of nitrogens with one attached hydrogen (secondary N) is 1. The molecule has 1 amide bonds. The van der Waals surface area contributed by atoms with Gasteiger partial charge in [-0.3, -0.25) is 9.59 Å². The van der Waals surface area contributed by atoms with Crippen molar-refractivity contribution < 1.29 is 18.7 Å². The molecule has 0 bridgehead atoms. The molecule has 1 aliphatic rings. The average molecular weight is 394 g/mol. The van der Waals surface area contributed by atoms with E-state index in [1.54, 1.807) is 47.4 Å². The summed E-state index contributed by atoms with van der Waals surface area (Å²) < 4.78 is 19.2. The van der Waals surface area contributed by atoms with Crippen LogP contribution >= 0.6 is 0 Å². The number of nitrogens with zero attached hydrogens (tertiary/aromatic N) is 1. The number of halogens is 1. The Kier molecular flexibility index (Phi) is 5.12. The first-order valence-corrected chi connectivity index (χ1v) is 9.35. The Bertz CT molecular complexity index is 1140. The molecule has 29 heavy (non-hydrogen) atoms. The molecule has 1 N–H and O–H groups in total. The fraction of sp³-hybridized carbons (Fsp3) is 0.227. The van der Waals surface area contributed by atoms with Crippen LogP contribution in [0.3, 0.4) is 0 Å². The maximum Gasteiger partial charge on any atom is 0.339 e. The van der Waals surface area contributed by atoms with E-state index in [1.165, 1.54) is 6.07 Å². The first-order chi connectivity index (χ1) is 14.0. The van der Waals surface area contributed by atoms with Crippen molar-refractivity contribution in [2.75, 3.05) is 6.61 Å². The number of H-pyrrole nitrogens is 1. The Morgan fingerprint density at radius 1 is 1.10 bits per heavy atom. The summed E-state index contributed by atoms with van der Waals surface area (Å²) in [6, 6.07) is 14.3. The largest absolute Gasteiger partial charge is 0.452 e. The molecule has 1 saturated carbocycles. The fourth-order valence-electron chi connectivity index (χ4n) is 3.28. The van der Waals surface area contributed by atoms with Crippen LogP contribution in [0.1, 0.15) is 28.8 Å². The molecule has 0 saturated heterocycles. The maximum absolute atomic E-state index is 14.0. The van der Waals surface area contributed by atoms with E-state index in [9.17, 15) is 18.8 Å². The molecule has 1 aliphatic carbocycles. The van der Waals surface area contributed by atoms with Crippen LogP contribution in [0, 0.1) is 5.82 Å². The lowest BCUT2D eigenvalue weighted by Crippen LogP contribution is -2.36. The van der Waals surface area contributed by atoms with Gasteiger partial charge in [-0.1, -0.05) is 36.4 Å². The number of aromatic nitrogens is 1. The number of pyridine rings is 1. The number of fused-ring (bicyclic) bond motifs is 1. The van der Waals surface area contributed by atoms with Crippen molar-refractivity contribution in [3.8, 4) is 0 Å². The molecule has 0 radical (unpaired) electrons. The van der Waals surface area contributed by atoms with Crippen LogP contribution in [-0.2, 0) is 16.1 Å². The average Bonchev–Trinajstić information content (AvgIpc) is 3.55. The van der Waals surface area contributed by atoms with E-state index in [2.05, 4.69) is 4.98 Å². The number of esters is 1. The molecule has 7 heteroatoms. The fourth-order valence-corrected chi connectivity index (χ4v) is 3.28. The minimum Gasteiger partial charge on any atom is -0.452 e. The van der Waals surface area contributed by atoms with Gasteiger partial charge < -0.3 is 14.6 Å². The highest BCUT2D eigenvalue weighted by atomic mass is 19.1. The van der Waals surface area contributed by atoms with Crippen LogP contribution < -0.4 is 5.56 Å². The Balaban J connectivity index is 1.48. The van der Waals surface area contributed by atoms with E-state index in [-0.39, 0.29) is 24.0 Å². The summed E-state index contributed by atoms with van der Waals surface area (Å²) in [5, 5.41) is 0.537. The molecule has 0 spiro atoms. The maximum atomic E-state index is 14.0. The number of hydrogen-bond donors (Lipinski definition) is 1. The molecule has 6 nitrogen and oxygen atoms in total. The van der Waals surface area contributed by atoms with Gasteiger partial charge in [0.2, 0.25) is 5.56 Å². The SMILES string of the molecule is O=C(OCC(=O)N(Cc1ccccc1F)C1CC1)c1cc(=O)[nH]c2ccccc12. The Labute approximate surface area is 165 Å². The number of carbonyl (C=O) groups is 2. The number of hydrogen-bond acceptors (Lipinski definition) is 4. The summed E-state index contributed by atoms with van der Waals surface area (Å²) in [5.41, 5.74) is 0.600. The molecule has 1 fully saturated rings. The molecular formula is C22H19FN2O4. The molecule has 0 aliphatic heterocycles. The monoisotopic (exact) mass is 394 g/mol. The van der Waals surface area contributed by atoms with Crippen LogP contribution in [-0.4, -0.2) is 34.4 Å². The van der Waals surface area contributed by atoms with E-state index in [4.69, 9.17) is 4.74 Å². The second-order valence-electron chi connectivity index (χ2n) is 7.01. The van der Waals surface area contributed by atoms with Crippen molar-refractivity contribution in [2.24, 2.45) is 0 Å². The lowest BCUT2D eigenvalue weighted by molar-refractivity contribution is -0.135. The Morgan fingerprint density at radius 2 is 1.83 bits per heavy atom. The molecule has 4 rings (SSSR count). The van der Waals surface area contributed by atoms with Crippen LogP contribution in [0.2, 0.25) is 0 Å². The van der Waals surface area contributed by atoms with Gasteiger partial charge in [0.15, 0.2) is 6.61 Å². The number of amides is 1. The van der Waals surface area contributed by atoms with Gasteiger partial charge in [-0.25, -0.2) is 9.18 Å². The van der Waals surface area contributed by atoms with Crippen molar-refractivity contribution in [3.63, 3.8) is 0 Å². The van der Waals surface area contributed by atoms with Crippen LogP contribution in [0.25, 0.3) is 10.9 Å². The molecule has 2 aromatic carbocycles. The number of benzene rings is 2. The number of ether oxygens (including phenoxy) is 1. The Morgan fingerprint density at radius 3 is 2.59 bits per heavy atom. The molecule has 3 aromatic rings. The normalized spacial score (nSPS) is 13.3. The zero-order valence-corrected chi connectivity index (χ0v) is 15.6. The molecule has 0 unspecified atom stereocenters.